The van der Waals surface area contributed by atoms with Crippen LogP contribution in [0.25, 0.3) is 0 Å². The number of hydrogen-bond donors (Lipinski definition) is 1. The Balaban J connectivity index is 1.87. The van der Waals surface area contributed by atoms with Gasteiger partial charge in [0.05, 0.1) is 12.8 Å². The maximum atomic E-state index is 8.77. The van der Waals surface area contributed by atoms with Gasteiger partial charge in [-0.25, -0.2) is 0 Å². The van der Waals surface area contributed by atoms with Crippen LogP contribution < -0.4 is 0 Å². The molecule has 0 unspecified atom stereocenters. The van der Waals surface area contributed by atoms with Gasteiger partial charge in [-0.15, -0.1) is 5.10 Å². The van der Waals surface area contributed by atoms with Crippen molar-refractivity contribution in [3.05, 3.63) is 11.9 Å². The number of aliphatic hydroxyl groups excluding tert-OH is 1. The zero-order valence-corrected chi connectivity index (χ0v) is 7.72. The highest BCUT2D eigenvalue weighted by Gasteiger charge is 2.23. The molecular formula is C8H14N4O. The smallest absolute Gasteiger partial charge is 0.108 e. The van der Waals surface area contributed by atoms with Gasteiger partial charge < -0.3 is 10.0 Å². The topological polar surface area (TPSA) is 54.2 Å². The molecule has 1 fully saturated rings. The molecule has 5 heteroatoms. The van der Waals surface area contributed by atoms with Gasteiger partial charge in [-0.3, -0.25) is 4.68 Å². The third-order valence-electron chi connectivity index (χ3n) is 2.33. The van der Waals surface area contributed by atoms with E-state index in [1.165, 1.54) is 0 Å². The monoisotopic (exact) mass is 182 g/mol. The number of nitrogens with zero attached hydrogens (tertiary/aromatic N) is 4. The predicted octanol–water partition coefficient (Wildman–Crippen LogP) is -0.668. The van der Waals surface area contributed by atoms with E-state index in [0.29, 0.717) is 11.6 Å². The summed E-state index contributed by atoms with van der Waals surface area (Å²) in [6.07, 6.45) is 1.80. The minimum absolute atomic E-state index is 0.0232. The number of hydrogen-bond acceptors (Lipinski definition) is 4. The first-order valence-corrected chi connectivity index (χ1v) is 4.46. The van der Waals surface area contributed by atoms with Crippen LogP contribution in [0, 0.1) is 5.92 Å². The first-order chi connectivity index (χ1) is 6.28. The van der Waals surface area contributed by atoms with E-state index < -0.39 is 0 Å². The van der Waals surface area contributed by atoms with Gasteiger partial charge >= 0.3 is 0 Å². The van der Waals surface area contributed by atoms with Gasteiger partial charge in [0, 0.05) is 25.6 Å². The summed E-state index contributed by atoms with van der Waals surface area (Å²) in [5.74, 6) is 0.693. The van der Waals surface area contributed by atoms with Crippen LogP contribution in [-0.4, -0.2) is 45.1 Å². The van der Waals surface area contributed by atoms with Gasteiger partial charge in [0.2, 0.25) is 0 Å². The molecule has 5 nitrogen and oxygen atoms in total. The highest BCUT2D eigenvalue weighted by atomic mass is 16.3. The zero-order valence-electron chi connectivity index (χ0n) is 7.72. The normalized spacial score (nSPS) is 18.9. The molecule has 1 aromatic rings. The van der Waals surface area contributed by atoms with Crippen LogP contribution in [0.4, 0.5) is 0 Å². The lowest BCUT2D eigenvalue weighted by atomic mass is 10.0. The zero-order chi connectivity index (χ0) is 9.26. The summed E-state index contributed by atoms with van der Waals surface area (Å²) in [4.78, 5) is 2.27. The molecule has 0 aromatic carbocycles. The second-order valence-electron chi connectivity index (χ2n) is 3.68. The molecule has 1 aromatic heterocycles. The summed E-state index contributed by atoms with van der Waals surface area (Å²) in [7, 11) is 2.11. The van der Waals surface area contributed by atoms with Gasteiger partial charge in [-0.05, 0) is 7.05 Å². The van der Waals surface area contributed by atoms with Crippen molar-refractivity contribution in [2.75, 3.05) is 20.1 Å². The Morgan fingerprint density at radius 3 is 2.92 bits per heavy atom. The Morgan fingerprint density at radius 1 is 1.62 bits per heavy atom. The molecule has 0 radical (unpaired) electrons. The quantitative estimate of drug-likeness (QED) is 0.673. The molecule has 2 rings (SSSR count). The van der Waals surface area contributed by atoms with Gasteiger partial charge in [-0.2, -0.15) is 0 Å². The van der Waals surface area contributed by atoms with E-state index in [2.05, 4.69) is 22.3 Å². The molecule has 0 atom stereocenters. The van der Waals surface area contributed by atoms with E-state index in [9.17, 15) is 0 Å². The first kappa shape index (κ1) is 8.65. The van der Waals surface area contributed by atoms with E-state index in [4.69, 9.17) is 5.11 Å². The van der Waals surface area contributed by atoms with E-state index in [1.54, 1.807) is 6.20 Å². The third kappa shape index (κ3) is 1.87. The van der Waals surface area contributed by atoms with Crippen molar-refractivity contribution in [3.63, 3.8) is 0 Å². The predicted molar refractivity (Wildman–Crippen MR) is 46.9 cm³/mol. The number of aliphatic hydroxyl groups is 1. The Kier molecular flexibility index (Phi) is 2.28. The molecule has 2 heterocycles. The summed E-state index contributed by atoms with van der Waals surface area (Å²) in [5.41, 5.74) is 0.646. The molecule has 1 N–H and O–H groups in total. The van der Waals surface area contributed by atoms with Crippen molar-refractivity contribution >= 4 is 0 Å². The van der Waals surface area contributed by atoms with E-state index in [-0.39, 0.29) is 6.61 Å². The Labute approximate surface area is 77.0 Å². The third-order valence-corrected chi connectivity index (χ3v) is 2.33. The first-order valence-electron chi connectivity index (χ1n) is 4.46. The minimum atomic E-state index is -0.0232. The van der Waals surface area contributed by atoms with Crippen molar-refractivity contribution < 1.29 is 5.11 Å². The van der Waals surface area contributed by atoms with Crippen molar-refractivity contribution in [1.29, 1.82) is 0 Å². The second-order valence-corrected chi connectivity index (χ2v) is 3.68. The average molecular weight is 182 g/mol. The maximum absolute atomic E-state index is 8.77. The van der Waals surface area contributed by atoms with Gasteiger partial charge in [-0.1, -0.05) is 5.21 Å². The summed E-state index contributed by atoms with van der Waals surface area (Å²) in [6.45, 7) is 3.16. The molecule has 1 saturated heterocycles. The maximum Gasteiger partial charge on any atom is 0.108 e. The van der Waals surface area contributed by atoms with Crippen LogP contribution in [0.1, 0.15) is 5.69 Å². The van der Waals surface area contributed by atoms with Crippen LogP contribution in [0.3, 0.4) is 0 Å². The molecule has 13 heavy (non-hydrogen) atoms. The summed E-state index contributed by atoms with van der Waals surface area (Å²) in [6, 6.07) is 0. The molecule has 72 valence electrons. The van der Waals surface area contributed by atoms with Crippen LogP contribution in [-0.2, 0) is 13.2 Å². The Hall–Kier alpha value is -0.940. The van der Waals surface area contributed by atoms with Gasteiger partial charge in [0.1, 0.15) is 5.69 Å². The van der Waals surface area contributed by atoms with E-state index in [1.807, 2.05) is 4.68 Å². The SMILES string of the molecule is CN1CC(Cn2cc(CO)nn2)C1. The summed E-state index contributed by atoms with van der Waals surface area (Å²) < 4.78 is 1.81. The lowest BCUT2D eigenvalue weighted by Gasteiger charge is -2.35. The van der Waals surface area contributed by atoms with Crippen molar-refractivity contribution in [2.24, 2.45) is 5.92 Å². The van der Waals surface area contributed by atoms with Crippen molar-refractivity contribution in [2.45, 2.75) is 13.2 Å². The minimum Gasteiger partial charge on any atom is -0.390 e. The molecular weight excluding hydrogens is 168 g/mol. The highest BCUT2D eigenvalue weighted by molar-refractivity contribution is 4.90. The summed E-state index contributed by atoms with van der Waals surface area (Å²) >= 11 is 0. The fourth-order valence-electron chi connectivity index (χ4n) is 1.71. The molecule has 0 bridgehead atoms. The molecule has 0 spiro atoms. The van der Waals surface area contributed by atoms with Crippen LogP contribution in [0.15, 0.2) is 6.20 Å². The van der Waals surface area contributed by atoms with Crippen molar-refractivity contribution in [3.8, 4) is 0 Å². The number of rotatable bonds is 3. The molecule has 0 aliphatic carbocycles. The molecule has 0 saturated carbocycles. The van der Waals surface area contributed by atoms with Gasteiger partial charge in [0.25, 0.3) is 0 Å². The fourth-order valence-corrected chi connectivity index (χ4v) is 1.71. The van der Waals surface area contributed by atoms with Crippen LogP contribution in [0.5, 0.6) is 0 Å². The van der Waals surface area contributed by atoms with E-state index >= 15 is 0 Å². The standard InChI is InChI=1S/C8H14N4O/c1-11-2-7(3-11)4-12-5-8(6-13)9-10-12/h5,7,13H,2-4,6H2,1H3. The lowest BCUT2D eigenvalue weighted by Crippen LogP contribution is -2.45. The van der Waals surface area contributed by atoms with E-state index in [0.717, 1.165) is 19.6 Å². The molecule has 1 aliphatic heterocycles. The fraction of sp³-hybridized carbons (Fsp3) is 0.750. The Morgan fingerprint density at radius 2 is 2.38 bits per heavy atom. The molecule has 0 amide bonds. The average Bonchev–Trinajstić information content (AvgIpc) is 2.50. The van der Waals surface area contributed by atoms with Crippen LogP contribution in [0.2, 0.25) is 0 Å². The summed E-state index contributed by atoms with van der Waals surface area (Å²) in [5, 5.41) is 16.5. The largest absolute Gasteiger partial charge is 0.390 e. The van der Waals surface area contributed by atoms with Crippen molar-refractivity contribution in [1.82, 2.24) is 19.9 Å². The lowest BCUT2D eigenvalue weighted by molar-refractivity contribution is 0.115. The Bertz CT molecular complexity index is 279. The van der Waals surface area contributed by atoms with Gasteiger partial charge in [0.15, 0.2) is 0 Å². The number of aromatic nitrogens is 3. The highest BCUT2D eigenvalue weighted by Crippen LogP contribution is 2.14. The number of likely N-dealkylation sites (tertiary alicyclic amines) is 1. The second kappa shape index (κ2) is 3.43. The van der Waals surface area contributed by atoms with Crippen LogP contribution >= 0.6 is 0 Å². The molecule has 1 aliphatic rings.